The van der Waals surface area contributed by atoms with Gasteiger partial charge in [0.2, 0.25) is 5.91 Å². The molecule has 0 unspecified atom stereocenters. The number of terminal acetylenes is 1. The normalized spacial score (nSPS) is 19.0. The summed E-state index contributed by atoms with van der Waals surface area (Å²) in [5, 5.41) is 0. The molecule has 1 aromatic carbocycles. The quantitative estimate of drug-likeness (QED) is 0.588. The Morgan fingerprint density at radius 3 is 2.70 bits per heavy atom. The van der Waals surface area contributed by atoms with Gasteiger partial charge in [-0.1, -0.05) is 30.2 Å². The fourth-order valence-corrected chi connectivity index (χ4v) is 4.19. The zero-order valence-corrected chi connectivity index (χ0v) is 16.2. The summed E-state index contributed by atoms with van der Waals surface area (Å²) >= 11 is 0. The lowest BCUT2D eigenvalue weighted by molar-refractivity contribution is -0.140. The third-order valence-electron chi connectivity index (χ3n) is 5.31. The molecule has 1 spiro atoms. The van der Waals surface area contributed by atoms with Crippen LogP contribution in [-0.2, 0) is 29.3 Å². The molecule has 2 N–H and O–H groups in total. The first kappa shape index (κ1) is 19.3. The summed E-state index contributed by atoms with van der Waals surface area (Å²) in [6.07, 6.45) is 5.12. The third-order valence-corrected chi connectivity index (χ3v) is 5.31. The summed E-state index contributed by atoms with van der Waals surface area (Å²) in [6.45, 7) is -0.168. The SMILES string of the molecule is C#CCN1C(=O)[C@@]2(C(C(=O)OC)=C1CC(=O)OC)c1ccccc1-c1oc(N)nc12. The Balaban J connectivity index is 2.12. The van der Waals surface area contributed by atoms with Crippen molar-refractivity contribution in [3.05, 3.63) is 46.8 Å². The monoisotopic (exact) mass is 407 g/mol. The van der Waals surface area contributed by atoms with Crippen LogP contribution in [0.5, 0.6) is 0 Å². The molecule has 1 amide bonds. The molecule has 30 heavy (non-hydrogen) atoms. The van der Waals surface area contributed by atoms with Crippen molar-refractivity contribution >= 4 is 23.9 Å². The number of nitrogens with zero attached hydrogens (tertiary/aromatic N) is 2. The molecule has 1 aliphatic heterocycles. The minimum Gasteiger partial charge on any atom is -0.469 e. The number of nitrogen functional groups attached to an aromatic ring is 1. The maximum Gasteiger partial charge on any atom is 0.337 e. The topological polar surface area (TPSA) is 125 Å². The van der Waals surface area contributed by atoms with Gasteiger partial charge in [0.25, 0.3) is 6.01 Å². The highest BCUT2D eigenvalue weighted by atomic mass is 16.5. The molecule has 1 aromatic heterocycles. The van der Waals surface area contributed by atoms with Crippen LogP contribution in [0.4, 0.5) is 6.01 Å². The van der Waals surface area contributed by atoms with Gasteiger partial charge in [-0.2, -0.15) is 4.98 Å². The molecule has 2 heterocycles. The lowest BCUT2D eigenvalue weighted by Gasteiger charge is -2.25. The summed E-state index contributed by atoms with van der Waals surface area (Å²) in [5.41, 5.74) is 5.32. The summed E-state index contributed by atoms with van der Waals surface area (Å²) in [4.78, 5) is 44.5. The van der Waals surface area contributed by atoms with Crippen molar-refractivity contribution in [2.45, 2.75) is 11.8 Å². The van der Waals surface area contributed by atoms with E-state index in [-0.39, 0.29) is 41.7 Å². The lowest BCUT2D eigenvalue weighted by atomic mass is 9.74. The van der Waals surface area contributed by atoms with E-state index in [0.717, 1.165) is 0 Å². The van der Waals surface area contributed by atoms with Crippen molar-refractivity contribution in [3.8, 4) is 23.7 Å². The van der Waals surface area contributed by atoms with Crippen molar-refractivity contribution in [1.29, 1.82) is 0 Å². The third kappa shape index (κ3) is 2.30. The Morgan fingerprint density at radius 2 is 2.03 bits per heavy atom. The summed E-state index contributed by atoms with van der Waals surface area (Å²) < 4.78 is 15.3. The van der Waals surface area contributed by atoms with Gasteiger partial charge < -0.3 is 24.5 Å². The lowest BCUT2D eigenvalue weighted by Crippen LogP contribution is -2.42. The maximum absolute atomic E-state index is 13.9. The Morgan fingerprint density at radius 1 is 1.30 bits per heavy atom. The van der Waals surface area contributed by atoms with Crippen LogP contribution in [0.25, 0.3) is 11.3 Å². The molecule has 1 atom stereocenters. The molecule has 0 fully saturated rings. The van der Waals surface area contributed by atoms with Crippen molar-refractivity contribution in [1.82, 2.24) is 9.88 Å². The van der Waals surface area contributed by atoms with Gasteiger partial charge in [0.05, 0.1) is 32.8 Å². The number of ether oxygens (including phenoxy) is 2. The molecule has 2 aromatic rings. The Kier molecular flexibility index (Phi) is 4.35. The van der Waals surface area contributed by atoms with Gasteiger partial charge in [-0.05, 0) is 5.56 Å². The van der Waals surface area contributed by atoms with Crippen LogP contribution < -0.4 is 5.73 Å². The fourth-order valence-electron chi connectivity index (χ4n) is 4.19. The van der Waals surface area contributed by atoms with Crippen LogP contribution in [0.3, 0.4) is 0 Å². The van der Waals surface area contributed by atoms with Gasteiger partial charge in [0, 0.05) is 11.3 Å². The van der Waals surface area contributed by atoms with Gasteiger partial charge in [-0.15, -0.1) is 6.42 Å². The second-order valence-electron chi connectivity index (χ2n) is 6.69. The predicted molar refractivity (Wildman–Crippen MR) is 103 cm³/mol. The van der Waals surface area contributed by atoms with E-state index in [0.29, 0.717) is 11.1 Å². The molecule has 0 saturated heterocycles. The zero-order chi connectivity index (χ0) is 21.6. The second kappa shape index (κ2) is 6.77. The number of benzene rings is 1. The number of amides is 1. The number of fused-ring (bicyclic) bond motifs is 5. The van der Waals surface area contributed by atoms with E-state index >= 15 is 0 Å². The minimum absolute atomic E-state index is 0.0600. The van der Waals surface area contributed by atoms with Crippen molar-refractivity contribution in [2.75, 3.05) is 26.5 Å². The number of hydrogen-bond donors (Lipinski definition) is 1. The van der Waals surface area contributed by atoms with Crippen LogP contribution in [0.15, 0.2) is 40.0 Å². The molecular formula is C21H17N3O6. The summed E-state index contributed by atoms with van der Waals surface area (Å²) in [5.74, 6) is 0.681. The van der Waals surface area contributed by atoms with Crippen molar-refractivity contribution < 1.29 is 28.3 Å². The van der Waals surface area contributed by atoms with E-state index in [4.69, 9.17) is 26.0 Å². The Labute approximate surface area is 171 Å². The van der Waals surface area contributed by atoms with Crippen LogP contribution >= 0.6 is 0 Å². The van der Waals surface area contributed by atoms with E-state index in [9.17, 15) is 14.4 Å². The van der Waals surface area contributed by atoms with Crippen LogP contribution in [0.2, 0.25) is 0 Å². The number of rotatable bonds is 4. The number of aromatic nitrogens is 1. The van der Waals surface area contributed by atoms with E-state index < -0.39 is 23.3 Å². The predicted octanol–water partition coefficient (Wildman–Crippen LogP) is 0.989. The zero-order valence-electron chi connectivity index (χ0n) is 16.2. The van der Waals surface area contributed by atoms with Crippen molar-refractivity contribution in [2.24, 2.45) is 0 Å². The standard InChI is InChI=1S/C21H17N3O6/c1-4-9-24-13(10-14(25)28-2)15(18(26)29-3)21(19(24)27)12-8-6-5-7-11(12)16-17(21)23-20(22)30-16/h1,5-8H,9-10H2,2-3H3,(H2,22,23)/t21-/m1/s1. The molecular weight excluding hydrogens is 390 g/mol. The smallest absolute Gasteiger partial charge is 0.337 e. The average Bonchev–Trinajstić information content (AvgIpc) is 3.33. The maximum atomic E-state index is 13.9. The average molecular weight is 407 g/mol. The summed E-state index contributed by atoms with van der Waals surface area (Å²) in [6, 6.07) is 6.76. The molecule has 9 heteroatoms. The van der Waals surface area contributed by atoms with Gasteiger partial charge in [0.1, 0.15) is 5.69 Å². The highest BCUT2D eigenvalue weighted by Gasteiger charge is 2.64. The van der Waals surface area contributed by atoms with Gasteiger partial charge >= 0.3 is 11.9 Å². The van der Waals surface area contributed by atoms with Crippen LogP contribution in [-0.4, -0.2) is 48.5 Å². The number of methoxy groups -OCH3 is 2. The van der Waals surface area contributed by atoms with E-state index in [1.54, 1.807) is 24.3 Å². The Hall–Kier alpha value is -4.06. The number of anilines is 1. The molecule has 1 aliphatic carbocycles. The second-order valence-corrected chi connectivity index (χ2v) is 6.69. The largest absolute Gasteiger partial charge is 0.469 e. The molecule has 4 rings (SSSR count). The molecule has 0 saturated carbocycles. The highest BCUT2D eigenvalue weighted by Crippen LogP contribution is 2.58. The van der Waals surface area contributed by atoms with E-state index in [1.807, 2.05) is 0 Å². The first-order valence-electron chi connectivity index (χ1n) is 8.92. The number of nitrogens with two attached hydrogens (primary N) is 1. The number of hydrogen-bond acceptors (Lipinski definition) is 8. The number of carbonyl (C=O) groups is 3. The molecule has 152 valence electrons. The number of esters is 2. The van der Waals surface area contributed by atoms with E-state index in [2.05, 4.69) is 10.9 Å². The molecule has 2 aliphatic rings. The number of carbonyl (C=O) groups excluding carboxylic acids is 3. The van der Waals surface area contributed by atoms with Crippen LogP contribution in [0, 0.1) is 12.3 Å². The van der Waals surface area contributed by atoms with Gasteiger partial charge in [0.15, 0.2) is 11.2 Å². The molecule has 9 nitrogen and oxygen atoms in total. The number of oxazole rings is 1. The fraction of sp³-hybridized carbons (Fsp3) is 0.238. The van der Waals surface area contributed by atoms with Crippen LogP contribution in [0.1, 0.15) is 17.7 Å². The van der Waals surface area contributed by atoms with Crippen molar-refractivity contribution in [3.63, 3.8) is 0 Å². The summed E-state index contributed by atoms with van der Waals surface area (Å²) in [7, 11) is 2.39. The Bertz CT molecular complexity index is 1170. The van der Waals surface area contributed by atoms with E-state index in [1.165, 1.54) is 19.1 Å². The molecule has 0 bridgehead atoms. The van der Waals surface area contributed by atoms with Gasteiger partial charge in [-0.3, -0.25) is 9.59 Å². The first-order chi connectivity index (χ1) is 14.4. The van der Waals surface area contributed by atoms with Gasteiger partial charge in [-0.25, -0.2) is 4.79 Å². The first-order valence-corrected chi connectivity index (χ1v) is 8.92. The molecule has 0 radical (unpaired) electrons. The minimum atomic E-state index is -1.69. The highest BCUT2D eigenvalue weighted by molar-refractivity contribution is 6.14.